The van der Waals surface area contributed by atoms with Crippen LogP contribution in [-0.4, -0.2) is 36.0 Å². The zero-order valence-corrected chi connectivity index (χ0v) is 12.7. The summed E-state index contributed by atoms with van der Waals surface area (Å²) in [6.07, 6.45) is 1.93. The van der Waals surface area contributed by atoms with Gasteiger partial charge in [-0.2, -0.15) is 0 Å². The molecule has 1 heterocycles. The molecule has 19 heavy (non-hydrogen) atoms. The predicted octanol–water partition coefficient (Wildman–Crippen LogP) is 0.794. The van der Waals surface area contributed by atoms with Gasteiger partial charge in [0.2, 0.25) is 11.8 Å². The highest BCUT2D eigenvalue weighted by atomic mass is 16.2. The Kier molecular flexibility index (Phi) is 5.35. The van der Waals surface area contributed by atoms with E-state index < -0.39 is 6.04 Å². The van der Waals surface area contributed by atoms with Gasteiger partial charge in [0.25, 0.3) is 0 Å². The highest BCUT2D eigenvalue weighted by Crippen LogP contribution is 2.15. The van der Waals surface area contributed by atoms with Crippen LogP contribution in [0.15, 0.2) is 0 Å². The molecule has 0 saturated carbocycles. The molecular weight excluding hydrogens is 242 g/mol. The van der Waals surface area contributed by atoms with Crippen molar-refractivity contribution in [1.29, 1.82) is 0 Å². The second-order valence-electron chi connectivity index (χ2n) is 6.61. The molecule has 3 atom stereocenters. The summed E-state index contributed by atoms with van der Waals surface area (Å²) in [5, 5.41) is 8.84. The van der Waals surface area contributed by atoms with E-state index in [1.807, 2.05) is 20.8 Å². The Balaban J connectivity index is 2.45. The molecule has 0 aromatic carbocycles. The van der Waals surface area contributed by atoms with Gasteiger partial charge in [-0.3, -0.25) is 9.59 Å². The first-order chi connectivity index (χ1) is 8.69. The van der Waals surface area contributed by atoms with Gasteiger partial charge in [0.15, 0.2) is 0 Å². The van der Waals surface area contributed by atoms with Crippen molar-refractivity contribution in [2.75, 3.05) is 6.54 Å². The van der Waals surface area contributed by atoms with Crippen molar-refractivity contribution in [3.8, 4) is 0 Å². The van der Waals surface area contributed by atoms with Crippen molar-refractivity contribution in [1.82, 2.24) is 16.0 Å². The molecule has 1 saturated heterocycles. The van der Waals surface area contributed by atoms with Crippen molar-refractivity contribution in [3.05, 3.63) is 0 Å². The zero-order chi connectivity index (χ0) is 14.6. The Morgan fingerprint density at radius 3 is 2.47 bits per heavy atom. The van der Waals surface area contributed by atoms with Gasteiger partial charge >= 0.3 is 0 Å². The third-order valence-corrected chi connectivity index (χ3v) is 3.23. The number of carbonyl (C=O) groups excluding carboxylic acids is 2. The Bertz CT molecular complexity index is 336. The molecule has 0 aromatic heterocycles. The SMILES string of the molecule is CC1CCNC(C(=O)NC(C)C(=O)NC(C)(C)C)C1. The molecular formula is C14H27N3O2. The second kappa shape index (κ2) is 6.37. The summed E-state index contributed by atoms with van der Waals surface area (Å²) in [5.74, 6) is 0.323. The van der Waals surface area contributed by atoms with Crippen molar-refractivity contribution in [2.45, 2.75) is 65.1 Å². The van der Waals surface area contributed by atoms with Crippen LogP contribution in [-0.2, 0) is 9.59 Å². The lowest BCUT2D eigenvalue weighted by Gasteiger charge is -2.29. The molecule has 3 unspecified atom stereocenters. The van der Waals surface area contributed by atoms with E-state index in [2.05, 4.69) is 22.9 Å². The summed E-state index contributed by atoms with van der Waals surface area (Å²) < 4.78 is 0. The maximum Gasteiger partial charge on any atom is 0.242 e. The largest absolute Gasteiger partial charge is 0.350 e. The lowest BCUT2D eigenvalue weighted by Crippen LogP contribution is -2.55. The minimum Gasteiger partial charge on any atom is -0.350 e. The fourth-order valence-electron chi connectivity index (χ4n) is 2.16. The summed E-state index contributed by atoms with van der Waals surface area (Å²) in [6, 6.07) is -0.681. The number of nitrogens with one attached hydrogen (secondary N) is 3. The molecule has 1 aliphatic rings. The van der Waals surface area contributed by atoms with Gasteiger partial charge < -0.3 is 16.0 Å². The predicted molar refractivity (Wildman–Crippen MR) is 75.7 cm³/mol. The summed E-state index contributed by atoms with van der Waals surface area (Å²) in [7, 11) is 0. The fourth-order valence-corrected chi connectivity index (χ4v) is 2.16. The van der Waals surface area contributed by atoms with Crippen LogP contribution in [0.4, 0.5) is 0 Å². The highest BCUT2D eigenvalue weighted by molar-refractivity contribution is 5.89. The van der Waals surface area contributed by atoms with Crippen LogP contribution < -0.4 is 16.0 Å². The van der Waals surface area contributed by atoms with Crippen LogP contribution in [0, 0.1) is 5.92 Å². The summed E-state index contributed by atoms with van der Waals surface area (Å²) in [5.41, 5.74) is -0.284. The van der Waals surface area contributed by atoms with Gasteiger partial charge in [0.1, 0.15) is 6.04 Å². The van der Waals surface area contributed by atoms with E-state index >= 15 is 0 Å². The first-order valence-corrected chi connectivity index (χ1v) is 7.05. The maximum absolute atomic E-state index is 12.1. The van der Waals surface area contributed by atoms with E-state index in [4.69, 9.17) is 0 Å². The van der Waals surface area contributed by atoms with Gasteiger partial charge in [-0.1, -0.05) is 6.92 Å². The van der Waals surface area contributed by atoms with Gasteiger partial charge in [-0.05, 0) is 53.0 Å². The van der Waals surface area contributed by atoms with Crippen molar-refractivity contribution in [3.63, 3.8) is 0 Å². The topological polar surface area (TPSA) is 70.2 Å². The first kappa shape index (κ1) is 16.0. The summed E-state index contributed by atoms with van der Waals surface area (Å²) in [4.78, 5) is 24.0. The Morgan fingerprint density at radius 2 is 1.95 bits per heavy atom. The minimum absolute atomic E-state index is 0.0805. The van der Waals surface area contributed by atoms with Crippen molar-refractivity contribution < 1.29 is 9.59 Å². The van der Waals surface area contributed by atoms with Crippen LogP contribution in [0.5, 0.6) is 0 Å². The van der Waals surface area contributed by atoms with Crippen molar-refractivity contribution in [2.24, 2.45) is 5.92 Å². The third kappa shape index (κ3) is 5.59. The zero-order valence-electron chi connectivity index (χ0n) is 12.7. The molecule has 5 heteroatoms. The van der Waals surface area contributed by atoms with Crippen molar-refractivity contribution >= 4 is 11.8 Å². The van der Waals surface area contributed by atoms with Crippen LogP contribution in [0.3, 0.4) is 0 Å². The van der Waals surface area contributed by atoms with Crippen LogP contribution in [0.2, 0.25) is 0 Å². The van der Waals surface area contributed by atoms with E-state index in [-0.39, 0.29) is 23.4 Å². The van der Waals surface area contributed by atoms with Gasteiger partial charge in [-0.15, -0.1) is 0 Å². The molecule has 1 fully saturated rings. The molecule has 0 aliphatic carbocycles. The molecule has 110 valence electrons. The van der Waals surface area contributed by atoms with E-state index in [9.17, 15) is 9.59 Å². The molecule has 0 spiro atoms. The van der Waals surface area contributed by atoms with Gasteiger partial charge in [0.05, 0.1) is 6.04 Å². The minimum atomic E-state index is -0.509. The Hall–Kier alpha value is -1.10. The molecule has 1 rings (SSSR count). The quantitative estimate of drug-likeness (QED) is 0.709. The van der Waals surface area contributed by atoms with Crippen LogP contribution >= 0.6 is 0 Å². The summed E-state index contributed by atoms with van der Waals surface area (Å²) >= 11 is 0. The monoisotopic (exact) mass is 269 g/mol. The average Bonchev–Trinajstić information content (AvgIpc) is 2.26. The Labute approximate surface area is 115 Å². The standard InChI is InChI=1S/C14H27N3O2/c1-9-6-7-15-11(8-9)13(19)16-10(2)12(18)17-14(3,4)5/h9-11,15H,6-8H2,1-5H3,(H,16,19)(H,17,18). The highest BCUT2D eigenvalue weighted by Gasteiger charge is 2.27. The number of amides is 2. The average molecular weight is 269 g/mol. The lowest BCUT2D eigenvalue weighted by molar-refractivity contribution is -0.130. The first-order valence-electron chi connectivity index (χ1n) is 7.05. The third-order valence-electron chi connectivity index (χ3n) is 3.23. The van der Waals surface area contributed by atoms with Crippen LogP contribution in [0.1, 0.15) is 47.5 Å². The maximum atomic E-state index is 12.1. The number of piperidine rings is 1. The molecule has 1 aliphatic heterocycles. The number of hydrogen-bond acceptors (Lipinski definition) is 3. The van der Waals surface area contributed by atoms with E-state index in [0.29, 0.717) is 5.92 Å². The Morgan fingerprint density at radius 1 is 1.32 bits per heavy atom. The number of carbonyl (C=O) groups is 2. The molecule has 0 aromatic rings. The molecule has 2 amide bonds. The second-order valence-corrected chi connectivity index (χ2v) is 6.61. The molecule has 0 bridgehead atoms. The van der Waals surface area contributed by atoms with E-state index in [1.165, 1.54) is 0 Å². The number of rotatable bonds is 3. The van der Waals surface area contributed by atoms with E-state index in [1.54, 1.807) is 6.92 Å². The van der Waals surface area contributed by atoms with Gasteiger partial charge in [0, 0.05) is 5.54 Å². The molecule has 5 nitrogen and oxygen atoms in total. The van der Waals surface area contributed by atoms with Gasteiger partial charge in [-0.25, -0.2) is 0 Å². The lowest BCUT2D eigenvalue weighted by atomic mass is 9.94. The van der Waals surface area contributed by atoms with E-state index in [0.717, 1.165) is 19.4 Å². The summed E-state index contributed by atoms with van der Waals surface area (Å²) in [6.45, 7) is 10.5. The smallest absolute Gasteiger partial charge is 0.242 e. The van der Waals surface area contributed by atoms with Crippen LogP contribution in [0.25, 0.3) is 0 Å². The fraction of sp³-hybridized carbons (Fsp3) is 0.857. The normalized spacial score (nSPS) is 25.5. The molecule has 0 radical (unpaired) electrons. The number of hydrogen-bond donors (Lipinski definition) is 3. The molecule has 3 N–H and O–H groups in total.